The van der Waals surface area contributed by atoms with E-state index >= 15 is 0 Å². The maximum Gasteiger partial charge on any atom is 0.160 e. The highest BCUT2D eigenvalue weighted by atomic mass is 16.5. The maximum atomic E-state index is 6.22. The third kappa shape index (κ3) is 3.69. The molecule has 1 aromatic rings. The molecule has 0 aliphatic heterocycles. The van der Waals surface area contributed by atoms with Gasteiger partial charge in [-0.3, -0.25) is 0 Å². The first-order chi connectivity index (χ1) is 9.61. The Morgan fingerprint density at radius 1 is 1.35 bits per heavy atom. The fourth-order valence-electron chi connectivity index (χ4n) is 2.71. The zero-order valence-electron chi connectivity index (χ0n) is 13.1. The van der Waals surface area contributed by atoms with Gasteiger partial charge in [-0.15, -0.1) is 0 Å². The van der Waals surface area contributed by atoms with Gasteiger partial charge in [0.05, 0.1) is 11.9 Å². The van der Waals surface area contributed by atoms with Crippen LogP contribution in [0.15, 0.2) is 6.20 Å². The van der Waals surface area contributed by atoms with E-state index in [9.17, 15) is 0 Å². The van der Waals surface area contributed by atoms with Gasteiger partial charge >= 0.3 is 0 Å². The van der Waals surface area contributed by atoms with Gasteiger partial charge in [-0.25, -0.2) is 9.97 Å². The van der Waals surface area contributed by atoms with Crippen molar-refractivity contribution in [2.75, 3.05) is 7.05 Å². The topological polar surface area (TPSA) is 47.0 Å². The van der Waals surface area contributed by atoms with Gasteiger partial charge in [0.1, 0.15) is 11.9 Å². The molecule has 1 saturated carbocycles. The van der Waals surface area contributed by atoms with E-state index in [4.69, 9.17) is 4.74 Å². The summed E-state index contributed by atoms with van der Waals surface area (Å²) < 4.78 is 6.22. The molecule has 0 bridgehead atoms. The molecule has 4 heteroatoms. The smallest absolute Gasteiger partial charge is 0.160 e. The zero-order chi connectivity index (χ0) is 14.5. The summed E-state index contributed by atoms with van der Waals surface area (Å²) in [6, 6.07) is 0. The molecule has 0 spiro atoms. The van der Waals surface area contributed by atoms with Crippen LogP contribution >= 0.6 is 0 Å². The highest BCUT2D eigenvalue weighted by Crippen LogP contribution is 2.29. The Morgan fingerprint density at radius 2 is 2.10 bits per heavy atom. The molecule has 1 N–H and O–H groups in total. The molecule has 112 valence electrons. The quantitative estimate of drug-likeness (QED) is 0.897. The Balaban J connectivity index is 2.16. The monoisotopic (exact) mass is 277 g/mol. The lowest BCUT2D eigenvalue weighted by Gasteiger charge is -2.29. The average Bonchev–Trinajstić information content (AvgIpc) is 2.43. The molecule has 1 aromatic heterocycles. The van der Waals surface area contributed by atoms with Crippen molar-refractivity contribution in [1.82, 2.24) is 15.3 Å². The SMILES string of the molecule is CNCc1nc(C(C)C)ncc1OC1CCCCC1C. The van der Waals surface area contributed by atoms with Gasteiger partial charge in [0.2, 0.25) is 0 Å². The summed E-state index contributed by atoms with van der Waals surface area (Å²) in [6.45, 7) is 7.23. The zero-order valence-corrected chi connectivity index (χ0v) is 13.1. The molecule has 2 unspecified atom stereocenters. The second-order valence-corrected chi connectivity index (χ2v) is 6.14. The Labute approximate surface area is 122 Å². The van der Waals surface area contributed by atoms with Crippen molar-refractivity contribution in [2.24, 2.45) is 5.92 Å². The van der Waals surface area contributed by atoms with Gasteiger partial charge in [-0.2, -0.15) is 0 Å². The summed E-state index contributed by atoms with van der Waals surface area (Å²) in [5, 5.41) is 3.17. The van der Waals surface area contributed by atoms with E-state index in [1.165, 1.54) is 19.3 Å². The van der Waals surface area contributed by atoms with Crippen molar-refractivity contribution in [3.8, 4) is 5.75 Å². The van der Waals surface area contributed by atoms with E-state index in [1.807, 2.05) is 13.2 Å². The molecule has 2 rings (SSSR count). The first-order valence-corrected chi connectivity index (χ1v) is 7.79. The van der Waals surface area contributed by atoms with Gasteiger partial charge in [-0.05, 0) is 32.2 Å². The summed E-state index contributed by atoms with van der Waals surface area (Å²) in [4.78, 5) is 9.10. The van der Waals surface area contributed by atoms with Crippen LogP contribution in [0.3, 0.4) is 0 Å². The third-order valence-electron chi connectivity index (χ3n) is 4.02. The molecule has 1 aliphatic carbocycles. The number of hydrogen-bond donors (Lipinski definition) is 1. The van der Waals surface area contributed by atoms with E-state index in [0.29, 0.717) is 17.9 Å². The van der Waals surface area contributed by atoms with Crippen LogP contribution in [0.1, 0.15) is 63.9 Å². The van der Waals surface area contributed by atoms with Crippen molar-refractivity contribution >= 4 is 0 Å². The molecular formula is C16H27N3O. The minimum Gasteiger partial charge on any atom is -0.487 e. The predicted octanol–water partition coefficient (Wildman–Crippen LogP) is 3.28. The summed E-state index contributed by atoms with van der Waals surface area (Å²) in [5.74, 6) is 2.70. The van der Waals surface area contributed by atoms with Crippen LogP contribution in [0.5, 0.6) is 5.75 Å². The summed E-state index contributed by atoms with van der Waals surface area (Å²) in [7, 11) is 1.93. The number of rotatable bonds is 5. The van der Waals surface area contributed by atoms with Crippen molar-refractivity contribution < 1.29 is 4.74 Å². The minimum atomic E-state index is 0.313. The Kier molecular flexibility index (Phi) is 5.35. The molecule has 0 amide bonds. The molecular weight excluding hydrogens is 250 g/mol. The second-order valence-electron chi connectivity index (χ2n) is 6.14. The molecule has 1 aliphatic rings. The average molecular weight is 277 g/mol. The summed E-state index contributed by atoms with van der Waals surface area (Å²) in [6.07, 6.45) is 7.17. The molecule has 1 heterocycles. The van der Waals surface area contributed by atoms with Crippen LogP contribution < -0.4 is 10.1 Å². The molecule has 4 nitrogen and oxygen atoms in total. The molecule has 1 fully saturated rings. The predicted molar refractivity (Wildman–Crippen MR) is 80.9 cm³/mol. The first-order valence-electron chi connectivity index (χ1n) is 7.79. The van der Waals surface area contributed by atoms with Gasteiger partial charge in [0.15, 0.2) is 5.75 Å². The van der Waals surface area contributed by atoms with Crippen LogP contribution in [0.4, 0.5) is 0 Å². The highest BCUT2D eigenvalue weighted by Gasteiger charge is 2.24. The van der Waals surface area contributed by atoms with Gasteiger partial charge in [-0.1, -0.05) is 27.2 Å². The van der Waals surface area contributed by atoms with Gasteiger partial charge in [0.25, 0.3) is 0 Å². The lowest BCUT2D eigenvalue weighted by atomic mass is 9.88. The third-order valence-corrected chi connectivity index (χ3v) is 4.02. The van der Waals surface area contributed by atoms with Crippen LogP contribution in [0, 0.1) is 5.92 Å². The Morgan fingerprint density at radius 3 is 2.75 bits per heavy atom. The lowest BCUT2D eigenvalue weighted by molar-refractivity contribution is 0.100. The fraction of sp³-hybridized carbons (Fsp3) is 0.750. The number of nitrogens with one attached hydrogen (secondary N) is 1. The van der Waals surface area contributed by atoms with E-state index < -0.39 is 0 Å². The number of hydrogen-bond acceptors (Lipinski definition) is 4. The molecule has 20 heavy (non-hydrogen) atoms. The Hall–Kier alpha value is -1.16. The standard InChI is InChI=1S/C16H27N3O/c1-11(2)16-18-10-15(13(19-16)9-17-4)20-14-8-6-5-7-12(14)3/h10-12,14,17H,5-9H2,1-4H3. The maximum absolute atomic E-state index is 6.22. The van der Waals surface area contributed by atoms with Crippen LogP contribution in [0.2, 0.25) is 0 Å². The molecule has 2 atom stereocenters. The van der Waals surface area contributed by atoms with Crippen molar-refractivity contribution in [2.45, 2.75) is 65.0 Å². The largest absolute Gasteiger partial charge is 0.487 e. The number of ether oxygens (including phenoxy) is 1. The normalized spacial score (nSPS) is 23.1. The molecule has 0 saturated heterocycles. The van der Waals surface area contributed by atoms with Gasteiger partial charge < -0.3 is 10.1 Å². The van der Waals surface area contributed by atoms with Crippen LogP contribution in [-0.2, 0) is 6.54 Å². The molecule has 0 radical (unpaired) electrons. The van der Waals surface area contributed by atoms with E-state index in [1.54, 1.807) is 0 Å². The van der Waals surface area contributed by atoms with Crippen LogP contribution in [0.25, 0.3) is 0 Å². The highest BCUT2D eigenvalue weighted by molar-refractivity contribution is 5.25. The fourth-order valence-corrected chi connectivity index (χ4v) is 2.71. The summed E-state index contributed by atoms with van der Waals surface area (Å²) >= 11 is 0. The number of nitrogens with zero attached hydrogens (tertiary/aromatic N) is 2. The summed E-state index contributed by atoms with van der Waals surface area (Å²) in [5.41, 5.74) is 0.976. The lowest BCUT2D eigenvalue weighted by Crippen LogP contribution is -2.29. The van der Waals surface area contributed by atoms with Crippen molar-refractivity contribution in [1.29, 1.82) is 0 Å². The molecule has 0 aromatic carbocycles. The van der Waals surface area contributed by atoms with Crippen molar-refractivity contribution in [3.63, 3.8) is 0 Å². The van der Waals surface area contributed by atoms with Gasteiger partial charge in [0, 0.05) is 12.5 Å². The second kappa shape index (κ2) is 7.02. The van der Waals surface area contributed by atoms with Crippen LogP contribution in [-0.4, -0.2) is 23.1 Å². The minimum absolute atomic E-state index is 0.313. The number of aromatic nitrogens is 2. The van der Waals surface area contributed by atoms with E-state index in [2.05, 4.69) is 36.1 Å². The Bertz CT molecular complexity index is 434. The van der Waals surface area contributed by atoms with E-state index in [-0.39, 0.29) is 0 Å². The first kappa shape index (κ1) is 15.2. The van der Waals surface area contributed by atoms with E-state index in [0.717, 1.165) is 30.2 Å². The van der Waals surface area contributed by atoms with Crippen molar-refractivity contribution in [3.05, 3.63) is 17.7 Å².